The molecule has 96 valence electrons. The number of H-pyrrole nitrogens is 1. The largest absolute Gasteiger partial charge is 0.480 e. The smallest absolute Gasteiger partial charge is 0.321 e. The van der Waals surface area contributed by atoms with Crippen LogP contribution in [0.3, 0.4) is 0 Å². The van der Waals surface area contributed by atoms with Crippen LogP contribution in [0, 0.1) is 0 Å². The number of rotatable bonds is 7. The first-order chi connectivity index (χ1) is 7.97. The number of nitrogens with one attached hydrogen (secondary N) is 2. The van der Waals surface area contributed by atoms with Gasteiger partial charge in [-0.2, -0.15) is 4.72 Å². The Morgan fingerprint density at radius 3 is 2.82 bits per heavy atom. The van der Waals surface area contributed by atoms with Gasteiger partial charge in [-0.1, -0.05) is 19.8 Å². The Bertz CT molecular complexity index is 455. The summed E-state index contributed by atoms with van der Waals surface area (Å²) in [4.78, 5) is 16.9. The Balaban J connectivity index is 2.76. The number of unbranched alkanes of at least 4 members (excludes halogenated alkanes) is 1. The molecule has 0 radical (unpaired) electrons. The number of carbonyl (C=O) groups is 1. The third-order valence-electron chi connectivity index (χ3n) is 2.20. The van der Waals surface area contributed by atoms with Gasteiger partial charge < -0.3 is 10.1 Å². The van der Waals surface area contributed by atoms with Gasteiger partial charge in [0.1, 0.15) is 6.04 Å². The van der Waals surface area contributed by atoms with Gasteiger partial charge >= 0.3 is 5.97 Å². The fourth-order valence-electron chi connectivity index (χ4n) is 1.28. The van der Waals surface area contributed by atoms with Crippen molar-refractivity contribution >= 4 is 16.0 Å². The van der Waals surface area contributed by atoms with Crippen molar-refractivity contribution in [1.29, 1.82) is 0 Å². The van der Waals surface area contributed by atoms with E-state index in [1.165, 1.54) is 6.33 Å². The first kappa shape index (κ1) is 13.7. The highest BCUT2D eigenvalue weighted by atomic mass is 32.2. The molecule has 0 amide bonds. The molecule has 0 saturated carbocycles. The Kier molecular flexibility index (Phi) is 4.64. The lowest BCUT2D eigenvalue weighted by molar-refractivity contribution is -0.139. The standard InChI is InChI=1S/C9H15N3O4S/c1-2-3-4-7(9(13)14)12-17(15,16)8-5-10-6-11-8/h5-7,12H,2-4H2,1H3,(H,10,11)(H,13,14). The summed E-state index contributed by atoms with van der Waals surface area (Å²) in [7, 11) is -3.84. The molecule has 0 aliphatic carbocycles. The van der Waals surface area contributed by atoms with Crippen molar-refractivity contribution in [2.24, 2.45) is 0 Å². The maximum absolute atomic E-state index is 11.7. The second-order valence-electron chi connectivity index (χ2n) is 3.57. The van der Waals surface area contributed by atoms with Crippen LogP contribution >= 0.6 is 0 Å². The number of carboxylic acid groups (broad SMARTS) is 1. The quantitative estimate of drug-likeness (QED) is 0.654. The van der Waals surface area contributed by atoms with Crippen LogP contribution in [-0.2, 0) is 14.8 Å². The van der Waals surface area contributed by atoms with Crippen LogP contribution in [0.15, 0.2) is 17.6 Å². The number of sulfonamides is 1. The molecule has 1 aromatic heterocycles. The molecule has 17 heavy (non-hydrogen) atoms. The van der Waals surface area contributed by atoms with Crippen molar-refractivity contribution in [2.75, 3.05) is 0 Å². The lowest BCUT2D eigenvalue weighted by Gasteiger charge is -2.13. The van der Waals surface area contributed by atoms with Crippen LogP contribution in [-0.4, -0.2) is 35.5 Å². The van der Waals surface area contributed by atoms with Gasteiger partial charge in [-0.15, -0.1) is 0 Å². The molecule has 1 rings (SSSR count). The summed E-state index contributed by atoms with van der Waals surface area (Å²) in [5.41, 5.74) is 0. The van der Waals surface area contributed by atoms with E-state index >= 15 is 0 Å². The first-order valence-electron chi connectivity index (χ1n) is 5.21. The first-order valence-corrected chi connectivity index (χ1v) is 6.69. The zero-order valence-corrected chi connectivity index (χ0v) is 10.2. The molecule has 1 atom stereocenters. The van der Waals surface area contributed by atoms with Crippen molar-refractivity contribution in [1.82, 2.24) is 14.7 Å². The van der Waals surface area contributed by atoms with Gasteiger partial charge in [-0.25, -0.2) is 13.4 Å². The van der Waals surface area contributed by atoms with E-state index in [1.54, 1.807) is 0 Å². The maximum Gasteiger partial charge on any atom is 0.321 e. The monoisotopic (exact) mass is 261 g/mol. The minimum Gasteiger partial charge on any atom is -0.480 e. The highest BCUT2D eigenvalue weighted by Gasteiger charge is 2.25. The predicted octanol–water partition coefficient (Wildman–Crippen LogP) is 0.331. The molecular formula is C9H15N3O4S. The zero-order valence-electron chi connectivity index (χ0n) is 9.38. The Labute approximate surface area is 99.3 Å². The molecule has 0 aliphatic heterocycles. The topological polar surface area (TPSA) is 112 Å². The molecule has 0 fully saturated rings. The van der Waals surface area contributed by atoms with E-state index in [1.807, 2.05) is 6.92 Å². The Hall–Kier alpha value is -1.41. The van der Waals surface area contributed by atoms with Crippen LogP contribution in [0.4, 0.5) is 0 Å². The lowest BCUT2D eigenvalue weighted by atomic mass is 10.1. The number of hydrogen-bond acceptors (Lipinski definition) is 4. The van der Waals surface area contributed by atoms with Crippen molar-refractivity contribution in [3.05, 3.63) is 12.5 Å². The highest BCUT2D eigenvalue weighted by molar-refractivity contribution is 7.89. The van der Waals surface area contributed by atoms with Gasteiger partial charge in [-0.05, 0) is 6.42 Å². The number of aromatic nitrogens is 2. The zero-order chi connectivity index (χ0) is 12.9. The summed E-state index contributed by atoms with van der Waals surface area (Å²) in [5.74, 6) is -1.18. The van der Waals surface area contributed by atoms with E-state index in [2.05, 4.69) is 14.7 Å². The van der Waals surface area contributed by atoms with E-state index in [9.17, 15) is 13.2 Å². The predicted molar refractivity (Wildman–Crippen MR) is 59.9 cm³/mol. The van der Waals surface area contributed by atoms with Crippen molar-refractivity contribution in [3.8, 4) is 0 Å². The molecule has 0 saturated heterocycles. The SMILES string of the molecule is CCCCC(NS(=O)(=O)c1cnc[nH]1)C(=O)O. The molecule has 1 unspecified atom stereocenters. The fourth-order valence-corrected chi connectivity index (χ4v) is 2.41. The molecule has 0 bridgehead atoms. The van der Waals surface area contributed by atoms with E-state index in [4.69, 9.17) is 5.11 Å². The molecule has 7 nitrogen and oxygen atoms in total. The van der Waals surface area contributed by atoms with E-state index in [-0.39, 0.29) is 11.4 Å². The van der Waals surface area contributed by atoms with Gasteiger partial charge in [0.05, 0.1) is 12.5 Å². The van der Waals surface area contributed by atoms with Crippen molar-refractivity contribution in [2.45, 2.75) is 37.3 Å². The van der Waals surface area contributed by atoms with Crippen LogP contribution in [0.2, 0.25) is 0 Å². The summed E-state index contributed by atoms with van der Waals surface area (Å²) in [6, 6.07) is -1.11. The second kappa shape index (κ2) is 5.78. The summed E-state index contributed by atoms with van der Waals surface area (Å²) >= 11 is 0. The molecule has 0 aromatic carbocycles. The molecule has 8 heteroatoms. The number of imidazole rings is 1. The minimum atomic E-state index is -3.84. The second-order valence-corrected chi connectivity index (χ2v) is 5.25. The van der Waals surface area contributed by atoms with Crippen LogP contribution in [0.25, 0.3) is 0 Å². The van der Waals surface area contributed by atoms with E-state index < -0.39 is 22.0 Å². The number of aliphatic carboxylic acids is 1. The Morgan fingerprint density at radius 1 is 1.65 bits per heavy atom. The van der Waals surface area contributed by atoms with Crippen LogP contribution < -0.4 is 4.72 Å². The van der Waals surface area contributed by atoms with E-state index in [0.29, 0.717) is 6.42 Å². The van der Waals surface area contributed by atoms with Crippen LogP contribution in [0.1, 0.15) is 26.2 Å². The average Bonchev–Trinajstić information content (AvgIpc) is 2.77. The lowest BCUT2D eigenvalue weighted by Crippen LogP contribution is -2.40. The van der Waals surface area contributed by atoms with Gasteiger partial charge in [0, 0.05) is 0 Å². The summed E-state index contributed by atoms with van der Waals surface area (Å²) in [6.07, 6.45) is 4.05. The van der Waals surface area contributed by atoms with Crippen LogP contribution in [0.5, 0.6) is 0 Å². The Morgan fingerprint density at radius 2 is 2.35 bits per heavy atom. The third-order valence-corrected chi connectivity index (χ3v) is 3.60. The van der Waals surface area contributed by atoms with Crippen molar-refractivity contribution in [3.63, 3.8) is 0 Å². The number of nitrogens with zero attached hydrogens (tertiary/aromatic N) is 1. The number of aromatic amines is 1. The molecule has 1 aromatic rings. The normalized spacial score (nSPS) is 13.5. The van der Waals surface area contributed by atoms with Gasteiger partial charge in [0.25, 0.3) is 10.0 Å². The molecule has 0 spiro atoms. The molecular weight excluding hydrogens is 246 g/mol. The van der Waals surface area contributed by atoms with Gasteiger partial charge in [0.2, 0.25) is 0 Å². The van der Waals surface area contributed by atoms with Gasteiger partial charge in [0.15, 0.2) is 5.03 Å². The molecule has 1 heterocycles. The number of carboxylic acids is 1. The maximum atomic E-state index is 11.7. The summed E-state index contributed by atoms with van der Waals surface area (Å²) in [6.45, 7) is 1.91. The third kappa shape index (κ3) is 3.82. The fraction of sp³-hybridized carbons (Fsp3) is 0.556. The average molecular weight is 261 g/mol. The molecule has 3 N–H and O–H groups in total. The minimum absolute atomic E-state index is 0.139. The van der Waals surface area contributed by atoms with E-state index in [0.717, 1.165) is 12.6 Å². The summed E-state index contributed by atoms with van der Waals surface area (Å²) < 4.78 is 25.6. The summed E-state index contributed by atoms with van der Waals surface area (Å²) in [5, 5.41) is 8.77. The van der Waals surface area contributed by atoms with Gasteiger partial charge in [-0.3, -0.25) is 4.79 Å². The highest BCUT2D eigenvalue weighted by Crippen LogP contribution is 2.07. The van der Waals surface area contributed by atoms with Crippen molar-refractivity contribution < 1.29 is 18.3 Å². The molecule has 0 aliphatic rings. The number of hydrogen-bond donors (Lipinski definition) is 3.